The van der Waals surface area contributed by atoms with E-state index in [1.54, 1.807) is 0 Å². The van der Waals surface area contributed by atoms with E-state index in [0.29, 0.717) is 10.0 Å². The number of nitrogens with zero attached hydrogens (tertiary/aromatic N) is 1. The molecule has 0 N–H and O–H groups in total. The van der Waals surface area contributed by atoms with Gasteiger partial charge in [-0.05, 0) is 83.9 Å². The third-order valence-corrected chi connectivity index (χ3v) is 5.62. The molecular formula is C27H31Cl2NO3. The molecule has 1 atom stereocenters. The molecule has 33 heavy (non-hydrogen) atoms. The van der Waals surface area contributed by atoms with Gasteiger partial charge in [0.1, 0.15) is 12.7 Å². The summed E-state index contributed by atoms with van der Waals surface area (Å²) >= 11 is 13.0. The molecule has 0 amide bonds. The Morgan fingerprint density at radius 3 is 2.21 bits per heavy atom. The summed E-state index contributed by atoms with van der Waals surface area (Å²) in [4.78, 5) is 17.2. The first-order valence-corrected chi connectivity index (χ1v) is 11.7. The lowest BCUT2D eigenvalue weighted by atomic mass is 9.91. The SMILES string of the molecule is Cc1ccc2c(-c3ccc(Cl)cc3)c([C@@H](COC(=O)C(C)(C)C)OC(C)(C)C)c(Cl)cc2n1. The van der Waals surface area contributed by atoms with Crippen LogP contribution in [0.1, 0.15) is 58.9 Å². The molecule has 176 valence electrons. The average Bonchev–Trinajstić information content (AvgIpc) is 2.69. The fraction of sp³-hybridized carbons (Fsp3) is 0.407. The Kier molecular flexibility index (Phi) is 7.42. The molecule has 1 heterocycles. The Balaban J connectivity index is 2.24. The van der Waals surface area contributed by atoms with Crippen molar-refractivity contribution in [1.29, 1.82) is 0 Å². The maximum Gasteiger partial charge on any atom is 0.311 e. The van der Waals surface area contributed by atoms with Gasteiger partial charge in [-0.25, -0.2) is 0 Å². The molecule has 0 spiro atoms. The van der Waals surface area contributed by atoms with E-state index >= 15 is 0 Å². The number of benzene rings is 2. The maximum absolute atomic E-state index is 12.6. The second-order valence-corrected chi connectivity index (χ2v) is 11.1. The summed E-state index contributed by atoms with van der Waals surface area (Å²) in [6, 6.07) is 13.4. The number of hydrogen-bond acceptors (Lipinski definition) is 4. The molecule has 0 aliphatic carbocycles. The zero-order valence-electron chi connectivity index (χ0n) is 20.3. The van der Waals surface area contributed by atoms with Gasteiger partial charge in [-0.2, -0.15) is 0 Å². The third kappa shape index (κ3) is 6.26. The number of aromatic nitrogens is 1. The quantitative estimate of drug-likeness (QED) is 0.342. The second kappa shape index (κ2) is 9.61. The monoisotopic (exact) mass is 487 g/mol. The van der Waals surface area contributed by atoms with E-state index in [0.717, 1.165) is 33.3 Å². The largest absolute Gasteiger partial charge is 0.462 e. The number of esters is 1. The van der Waals surface area contributed by atoms with Crippen LogP contribution in [0.3, 0.4) is 0 Å². The van der Waals surface area contributed by atoms with Gasteiger partial charge in [0.05, 0.1) is 16.5 Å². The Morgan fingerprint density at radius 2 is 1.64 bits per heavy atom. The molecule has 0 fully saturated rings. The fourth-order valence-electron chi connectivity index (χ4n) is 3.57. The molecule has 0 saturated carbocycles. The van der Waals surface area contributed by atoms with Gasteiger partial charge in [0.25, 0.3) is 0 Å². The van der Waals surface area contributed by atoms with Gasteiger partial charge in [-0.3, -0.25) is 9.78 Å². The Bertz CT molecular complexity index is 1160. The van der Waals surface area contributed by atoms with Crippen molar-refractivity contribution in [3.05, 3.63) is 63.8 Å². The Labute approximate surface area is 206 Å². The summed E-state index contributed by atoms with van der Waals surface area (Å²) in [6.07, 6.45) is -0.583. The molecule has 2 aromatic carbocycles. The summed E-state index contributed by atoms with van der Waals surface area (Å²) in [5.74, 6) is -0.299. The first-order chi connectivity index (χ1) is 15.3. The number of aryl methyl sites for hydroxylation is 1. The van der Waals surface area contributed by atoms with E-state index in [9.17, 15) is 4.79 Å². The van der Waals surface area contributed by atoms with Gasteiger partial charge in [-0.1, -0.05) is 41.4 Å². The number of hydrogen-bond donors (Lipinski definition) is 0. The van der Waals surface area contributed by atoms with Gasteiger partial charge in [0.15, 0.2) is 0 Å². The zero-order valence-corrected chi connectivity index (χ0v) is 21.8. The summed E-state index contributed by atoms with van der Waals surface area (Å²) in [5, 5.41) is 2.08. The van der Waals surface area contributed by atoms with Crippen molar-refractivity contribution in [2.45, 2.75) is 60.2 Å². The van der Waals surface area contributed by atoms with E-state index in [1.807, 2.05) is 90.9 Å². The fourth-order valence-corrected chi connectivity index (χ4v) is 4.02. The highest BCUT2D eigenvalue weighted by Crippen LogP contribution is 2.42. The topological polar surface area (TPSA) is 48.4 Å². The van der Waals surface area contributed by atoms with E-state index in [4.69, 9.17) is 32.7 Å². The van der Waals surface area contributed by atoms with Crippen molar-refractivity contribution in [3.63, 3.8) is 0 Å². The van der Waals surface area contributed by atoms with Crippen LogP contribution in [-0.2, 0) is 14.3 Å². The lowest BCUT2D eigenvalue weighted by Crippen LogP contribution is -2.29. The van der Waals surface area contributed by atoms with Crippen molar-refractivity contribution in [1.82, 2.24) is 4.98 Å². The van der Waals surface area contributed by atoms with Crippen LogP contribution < -0.4 is 0 Å². The van der Waals surface area contributed by atoms with Gasteiger partial charge in [0, 0.05) is 26.7 Å². The highest BCUT2D eigenvalue weighted by atomic mass is 35.5. The highest BCUT2D eigenvalue weighted by molar-refractivity contribution is 6.33. The standard InChI is InChI=1S/C27H31Cl2NO3/c1-16-8-13-19-21(30-16)14-20(29)24(23(19)17-9-11-18(28)12-10-17)22(33-27(5,6)7)15-32-25(31)26(2,3)4/h8-14,22H,15H2,1-7H3/t22-/m1/s1. The van der Waals surface area contributed by atoms with Crippen LogP contribution in [0.15, 0.2) is 42.5 Å². The molecular weight excluding hydrogens is 457 g/mol. The molecule has 0 bridgehead atoms. The predicted octanol–water partition coefficient (Wildman–Crippen LogP) is 7.96. The number of fused-ring (bicyclic) bond motifs is 1. The lowest BCUT2D eigenvalue weighted by Gasteiger charge is -2.31. The van der Waals surface area contributed by atoms with Crippen LogP contribution in [0, 0.1) is 12.3 Å². The minimum atomic E-state index is -0.625. The molecule has 3 aromatic rings. The number of carbonyl (C=O) groups is 1. The molecule has 6 heteroatoms. The number of rotatable bonds is 5. The van der Waals surface area contributed by atoms with Gasteiger partial charge < -0.3 is 9.47 Å². The smallest absolute Gasteiger partial charge is 0.311 e. The van der Waals surface area contributed by atoms with Crippen LogP contribution in [-0.4, -0.2) is 23.2 Å². The van der Waals surface area contributed by atoms with Gasteiger partial charge in [-0.15, -0.1) is 0 Å². The first kappa shape index (κ1) is 25.5. The summed E-state index contributed by atoms with van der Waals surface area (Å²) in [5.41, 5.74) is 3.14. The Hall–Kier alpha value is -2.14. The molecule has 3 rings (SSSR count). The van der Waals surface area contributed by atoms with Gasteiger partial charge >= 0.3 is 5.97 Å². The Morgan fingerprint density at radius 1 is 1.00 bits per heavy atom. The van der Waals surface area contributed by atoms with E-state index in [-0.39, 0.29) is 12.6 Å². The summed E-state index contributed by atoms with van der Waals surface area (Å²) in [7, 11) is 0. The molecule has 0 aliphatic rings. The second-order valence-electron chi connectivity index (χ2n) is 10.2. The van der Waals surface area contributed by atoms with Gasteiger partial charge in [0.2, 0.25) is 0 Å². The van der Waals surface area contributed by atoms with E-state index < -0.39 is 17.1 Å². The molecule has 0 aliphatic heterocycles. The van der Waals surface area contributed by atoms with Crippen molar-refractivity contribution >= 4 is 40.1 Å². The van der Waals surface area contributed by atoms with Crippen molar-refractivity contribution < 1.29 is 14.3 Å². The summed E-state index contributed by atoms with van der Waals surface area (Å²) in [6.45, 7) is 13.4. The van der Waals surface area contributed by atoms with Crippen LogP contribution in [0.5, 0.6) is 0 Å². The minimum Gasteiger partial charge on any atom is -0.462 e. The molecule has 1 aromatic heterocycles. The normalized spacial score (nSPS) is 13.2. The average molecular weight is 488 g/mol. The number of ether oxygens (including phenoxy) is 2. The maximum atomic E-state index is 12.6. The van der Waals surface area contributed by atoms with Crippen LogP contribution >= 0.6 is 23.2 Å². The third-order valence-electron chi connectivity index (χ3n) is 5.05. The number of pyridine rings is 1. The highest BCUT2D eigenvalue weighted by Gasteiger charge is 2.30. The van der Waals surface area contributed by atoms with E-state index in [2.05, 4.69) is 4.98 Å². The van der Waals surface area contributed by atoms with Crippen LogP contribution in [0.4, 0.5) is 0 Å². The lowest BCUT2D eigenvalue weighted by molar-refractivity contribution is -0.161. The van der Waals surface area contributed by atoms with Crippen molar-refractivity contribution in [2.24, 2.45) is 5.41 Å². The molecule has 0 saturated heterocycles. The van der Waals surface area contributed by atoms with E-state index in [1.165, 1.54) is 0 Å². The predicted molar refractivity (Wildman–Crippen MR) is 136 cm³/mol. The molecule has 0 radical (unpaired) electrons. The zero-order chi connectivity index (χ0) is 24.6. The minimum absolute atomic E-state index is 0.0402. The number of carbonyl (C=O) groups excluding carboxylic acids is 1. The van der Waals surface area contributed by atoms with Crippen molar-refractivity contribution in [3.8, 4) is 11.1 Å². The number of halogens is 2. The van der Waals surface area contributed by atoms with Crippen LogP contribution in [0.25, 0.3) is 22.0 Å². The van der Waals surface area contributed by atoms with Crippen LogP contribution in [0.2, 0.25) is 10.0 Å². The molecule has 0 unspecified atom stereocenters. The molecule has 4 nitrogen and oxygen atoms in total. The first-order valence-electron chi connectivity index (χ1n) is 11.0. The summed E-state index contributed by atoms with van der Waals surface area (Å²) < 4.78 is 12.1. The van der Waals surface area contributed by atoms with Crippen molar-refractivity contribution in [2.75, 3.05) is 6.61 Å².